The van der Waals surface area contributed by atoms with Crippen LogP contribution in [0.2, 0.25) is 0 Å². The largest absolute Gasteiger partial charge is 0.348 e. The van der Waals surface area contributed by atoms with Gasteiger partial charge in [0.1, 0.15) is 19.0 Å². The Morgan fingerprint density at radius 1 is 1.22 bits per heavy atom. The van der Waals surface area contributed by atoms with E-state index in [1.54, 1.807) is 4.42 Å². The summed E-state index contributed by atoms with van der Waals surface area (Å²) in [5.41, 5.74) is 0. The molecule has 2 atom stereocenters. The van der Waals surface area contributed by atoms with Gasteiger partial charge in [-0.15, -0.1) is 0 Å². The molecule has 9 heavy (non-hydrogen) atoms. The number of halogens is 1. The van der Waals surface area contributed by atoms with E-state index in [1.165, 1.54) is 0 Å². The number of rotatable bonds is 0. The quantitative estimate of drug-likeness (QED) is 0.460. The summed E-state index contributed by atoms with van der Waals surface area (Å²) < 4.78 is 12.1. The van der Waals surface area contributed by atoms with Gasteiger partial charge in [-0.1, -0.05) is 0 Å². The zero-order chi connectivity index (χ0) is 6.27. The molecule has 0 N–H and O–H groups in total. The minimum atomic E-state index is 0.225. The van der Waals surface area contributed by atoms with Gasteiger partial charge < -0.3 is 9.47 Å². The van der Waals surface area contributed by atoms with Crippen molar-refractivity contribution in [3.63, 3.8) is 0 Å². The topological polar surface area (TPSA) is 21.7 Å². The predicted octanol–water partition coefficient (Wildman–Crippen LogP) is 0.197. The van der Waals surface area contributed by atoms with Crippen LogP contribution in [0.4, 0.5) is 0 Å². The molecule has 2 saturated heterocycles. The lowest BCUT2D eigenvalue weighted by Crippen LogP contribution is -2.18. The summed E-state index contributed by atoms with van der Waals surface area (Å²) in [4.78, 5) is 0. The Balaban J connectivity index is 2.02. The van der Waals surface area contributed by atoms with Gasteiger partial charge in [-0.25, -0.2) is 4.42 Å². The summed E-state index contributed by atoms with van der Waals surface area (Å²) in [5, 5.41) is 0. The van der Waals surface area contributed by atoms with Crippen LogP contribution < -0.4 is 0 Å². The molecule has 0 aromatic rings. The molecular formula is C5H8ClNO2. The highest BCUT2D eigenvalue weighted by Crippen LogP contribution is 2.22. The van der Waals surface area contributed by atoms with E-state index >= 15 is 0 Å². The van der Waals surface area contributed by atoms with E-state index in [1.807, 2.05) is 0 Å². The van der Waals surface area contributed by atoms with Crippen molar-refractivity contribution in [1.82, 2.24) is 4.42 Å². The SMILES string of the molecule is ClN1C[C@@H]2OCO[C@@H]2C1. The average molecular weight is 150 g/mol. The molecule has 0 aromatic carbocycles. The van der Waals surface area contributed by atoms with Gasteiger partial charge in [0.05, 0.1) is 0 Å². The minimum Gasteiger partial charge on any atom is -0.348 e. The summed E-state index contributed by atoms with van der Waals surface area (Å²) in [6.45, 7) is 2.04. The zero-order valence-corrected chi connectivity index (χ0v) is 5.67. The Kier molecular flexibility index (Phi) is 1.38. The molecule has 0 bridgehead atoms. The van der Waals surface area contributed by atoms with Gasteiger partial charge in [0, 0.05) is 13.1 Å². The Hall–Kier alpha value is 0.170. The molecule has 2 aliphatic heterocycles. The smallest absolute Gasteiger partial charge is 0.147 e. The number of hydrogen-bond acceptors (Lipinski definition) is 3. The summed E-state index contributed by atoms with van der Waals surface area (Å²) >= 11 is 5.69. The number of fused-ring (bicyclic) bond motifs is 1. The lowest BCUT2D eigenvalue weighted by atomic mass is 10.3. The van der Waals surface area contributed by atoms with Crippen molar-refractivity contribution in [1.29, 1.82) is 0 Å². The van der Waals surface area contributed by atoms with E-state index < -0.39 is 0 Å². The molecule has 0 saturated carbocycles. The Labute approximate surface area is 58.6 Å². The van der Waals surface area contributed by atoms with Gasteiger partial charge >= 0.3 is 0 Å². The van der Waals surface area contributed by atoms with E-state index in [2.05, 4.69) is 0 Å². The minimum absolute atomic E-state index is 0.225. The summed E-state index contributed by atoms with van der Waals surface area (Å²) in [6.07, 6.45) is 0.449. The fourth-order valence-corrected chi connectivity index (χ4v) is 1.51. The predicted molar refractivity (Wildman–Crippen MR) is 32.0 cm³/mol. The zero-order valence-electron chi connectivity index (χ0n) is 4.92. The molecular weight excluding hydrogens is 142 g/mol. The second-order valence-corrected chi connectivity index (χ2v) is 2.83. The lowest BCUT2D eigenvalue weighted by molar-refractivity contribution is 0.0247. The van der Waals surface area contributed by atoms with Crippen molar-refractivity contribution >= 4 is 11.8 Å². The third kappa shape index (κ3) is 0.942. The highest BCUT2D eigenvalue weighted by molar-refractivity contribution is 6.13. The molecule has 0 aliphatic carbocycles. The molecule has 2 rings (SSSR count). The maximum absolute atomic E-state index is 5.69. The number of nitrogens with zero attached hydrogens (tertiary/aromatic N) is 1. The fraction of sp³-hybridized carbons (Fsp3) is 1.00. The third-order valence-electron chi connectivity index (χ3n) is 1.74. The highest BCUT2D eigenvalue weighted by Gasteiger charge is 2.37. The first-order chi connectivity index (χ1) is 4.36. The maximum Gasteiger partial charge on any atom is 0.147 e. The molecule has 0 unspecified atom stereocenters. The van der Waals surface area contributed by atoms with Crippen molar-refractivity contribution in [2.45, 2.75) is 12.2 Å². The molecule has 0 aromatic heterocycles. The van der Waals surface area contributed by atoms with E-state index in [-0.39, 0.29) is 12.2 Å². The normalized spacial score (nSPS) is 43.7. The molecule has 4 heteroatoms. The van der Waals surface area contributed by atoms with Gasteiger partial charge in [-0.3, -0.25) is 0 Å². The second kappa shape index (κ2) is 2.09. The first kappa shape index (κ1) is 5.92. The Morgan fingerprint density at radius 3 is 2.33 bits per heavy atom. The molecule has 2 aliphatic rings. The molecule has 2 heterocycles. The average Bonchev–Trinajstić information content (AvgIpc) is 2.22. The lowest BCUT2D eigenvalue weighted by Gasteiger charge is -2.03. The molecule has 0 amide bonds. The molecule has 52 valence electrons. The van der Waals surface area contributed by atoms with Gasteiger partial charge in [0.2, 0.25) is 0 Å². The van der Waals surface area contributed by atoms with E-state index in [0.29, 0.717) is 6.79 Å². The number of ether oxygens (including phenoxy) is 2. The van der Waals surface area contributed by atoms with Crippen molar-refractivity contribution in [2.24, 2.45) is 0 Å². The maximum atomic E-state index is 5.69. The summed E-state index contributed by atoms with van der Waals surface area (Å²) in [5.74, 6) is 0. The van der Waals surface area contributed by atoms with Crippen LogP contribution in [-0.2, 0) is 9.47 Å². The van der Waals surface area contributed by atoms with Gasteiger partial charge in [-0.05, 0) is 11.8 Å². The highest BCUT2D eigenvalue weighted by atomic mass is 35.5. The second-order valence-electron chi connectivity index (χ2n) is 2.36. The first-order valence-corrected chi connectivity index (χ1v) is 3.34. The van der Waals surface area contributed by atoms with Crippen LogP contribution in [0.15, 0.2) is 0 Å². The van der Waals surface area contributed by atoms with Crippen molar-refractivity contribution in [2.75, 3.05) is 19.9 Å². The van der Waals surface area contributed by atoms with Crippen LogP contribution in [0.1, 0.15) is 0 Å². The van der Waals surface area contributed by atoms with Crippen molar-refractivity contribution < 1.29 is 9.47 Å². The van der Waals surface area contributed by atoms with E-state index in [4.69, 9.17) is 21.3 Å². The van der Waals surface area contributed by atoms with Crippen LogP contribution in [0.5, 0.6) is 0 Å². The number of hydrogen-bond donors (Lipinski definition) is 0. The first-order valence-electron chi connectivity index (χ1n) is 3.00. The molecule has 0 radical (unpaired) electrons. The molecule has 2 fully saturated rings. The van der Waals surface area contributed by atoms with E-state index in [9.17, 15) is 0 Å². The van der Waals surface area contributed by atoms with Crippen LogP contribution in [0.25, 0.3) is 0 Å². The summed E-state index contributed by atoms with van der Waals surface area (Å²) in [7, 11) is 0. The fourth-order valence-electron chi connectivity index (χ4n) is 1.23. The van der Waals surface area contributed by atoms with Gasteiger partial charge in [0.15, 0.2) is 0 Å². The van der Waals surface area contributed by atoms with Crippen molar-refractivity contribution in [3.05, 3.63) is 0 Å². The Bertz CT molecular complexity index is 110. The molecule has 0 spiro atoms. The van der Waals surface area contributed by atoms with Crippen LogP contribution >= 0.6 is 11.8 Å². The monoisotopic (exact) mass is 149 g/mol. The van der Waals surface area contributed by atoms with Gasteiger partial charge in [-0.2, -0.15) is 0 Å². The van der Waals surface area contributed by atoms with Crippen LogP contribution in [-0.4, -0.2) is 36.5 Å². The van der Waals surface area contributed by atoms with E-state index in [0.717, 1.165) is 13.1 Å². The van der Waals surface area contributed by atoms with Crippen LogP contribution in [0.3, 0.4) is 0 Å². The third-order valence-corrected chi connectivity index (χ3v) is 2.01. The van der Waals surface area contributed by atoms with Crippen LogP contribution in [0, 0.1) is 0 Å². The Morgan fingerprint density at radius 2 is 1.78 bits per heavy atom. The van der Waals surface area contributed by atoms with Crippen molar-refractivity contribution in [3.8, 4) is 0 Å². The van der Waals surface area contributed by atoms with Gasteiger partial charge in [0.25, 0.3) is 0 Å². The standard InChI is InChI=1S/C5H8ClNO2/c6-7-1-4-5(2-7)9-3-8-4/h4-5H,1-3H2/t4-,5+. The summed E-state index contributed by atoms with van der Waals surface area (Å²) in [6, 6.07) is 0. The molecule has 3 nitrogen and oxygen atoms in total.